The van der Waals surface area contributed by atoms with E-state index in [9.17, 15) is 4.79 Å². The second-order valence-corrected chi connectivity index (χ2v) is 5.97. The number of carbonyl (C=O) groups is 1. The Morgan fingerprint density at radius 1 is 1.26 bits per heavy atom. The standard InChI is InChI=1S/C14H26N2O3/c1-11(2)16-6-3-12(9-16)15-7-4-13(5-8-15)19-10-14(17)18/h11-13H,3-10H2,1-2H3,(H,17,18). The van der Waals surface area contributed by atoms with Gasteiger partial charge in [0.05, 0.1) is 6.10 Å². The van der Waals surface area contributed by atoms with Gasteiger partial charge in [0.25, 0.3) is 0 Å². The van der Waals surface area contributed by atoms with E-state index in [0.717, 1.165) is 25.9 Å². The Morgan fingerprint density at radius 2 is 1.95 bits per heavy atom. The molecule has 5 heteroatoms. The highest BCUT2D eigenvalue weighted by atomic mass is 16.5. The van der Waals surface area contributed by atoms with E-state index in [2.05, 4.69) is 23.6 Å². The van der Waals surface area contributed by atoms with Crippen LogP contribution in [0.3, 0.4) is 0 Å². The van der Waals surface area contributed by atoms with Gasteiger partial charge in [-0.05, 0) is 33.1 Å². The van der Waals surface area contributed by atoms with Crippen LogP contribution in [0.2, 0.25) is 0 Å². The molecule has 19 heavy (non-hydrogen) atoms. The number of aliphatic carboxylic acids is 1. The first-order chi connectivity index (χ1) is 9.06. The van der Waals surface area contributed by atoms with Crippen molar-refractivity contribution in [2.24, 2.45) is 0 Å². The minimum Gasteiger partial charge on any atom is -0.480 e. The van der Waals surface area contributed by atoms with E-state index in [1.165, 1.54) is 19.5 Å². The minimum absolute atomic E-state index is 0.134. The lowest BCUT2D eigenvalue weighted by Gasteiger charge is -2.36. The molecule has 1 unspecified atom stereocenters. The molecule has 2 aliphatic rings. The number of likely N-dealkylation sites (tertiary alicyclic amines) is 2. The lowest BCUT2D eigenvalue weighted by atomic mass is 10.0. The summed E-state index contributed by atoms with van der Waals surface area (Å²) in [7, 11) is 0. The summed E-state index contributed by atoms with van der Waals surface area (Å²) < 4.78 is 5.38. The third-order valence-corrected chi connectivity index (χ3v) is 4.36. The van der Waals surface area contributed by atoms with Gasteiger partial charge < -0.3 is 9.84 Å². The summed E-state index contributed by atoms with van der Waals surface area (Å²) in [6.07, 6.45) is 3.32. The first kappa shape index (κ1) is 14.8. The van der Waals surface area contributed by atoms with E-state index >= 15 is 0 Å². The van der Waals surface area contributed by atoms with Gasteiger partial charge in [-0.1, -0.05) is 0 Å². The third-order valence-electron chi connectivity index (χ3n) is 4.36. The monoisotopic (exact) mass is 270 g/mol. The minimum atomic E-state index is -0.870. The molecule has 0 aromatic rings. The van der Waals surface area contributed by atoms with Crippen molar-refractivity contribution in [2.45, 2.75) is 51.3 Å². The summed E-state index contributed by atoms with van der Waals surface area (Å²) in [5, 5.41) is 8.61. The third kappa shape index (κ3) is 4.16. The molecule has 0 aliphatic carbocycles. The summed E-state index contributed by atoms with van der Waals surface area (Å²) in [5.74, 6) is -0.870. The average Bonchev–Trinajstić information content (AvgIpc) is 2.86. The van der Waals surface area contributed by atoms with Gasteiger partial charge in [0.1, 0.15) is 6.61 Å². The molecule has 2 saturated heterocycles. The Balaban J connectivity index is 1.70. The zero-order valence-corrected chi connectivity index (χ0v) is 12.0. The van der Waals surface area contributed by atoms with Crippen LogP contribution >= 0.6 is 0 Å². The molecule has 0 aromatic carbocycles. The van der Waals surface area contributed by atoms with Crippen LogP contribution in [-0.2, 0) is 9.53 Å². The Bertz CT molecular complexity index is 301. The predicted octanol–water partition coefficient (Wildman–Crippen LogP) is 1.03. The molecule has 0 aromatic heterocycles. The smallest absolute Gasteiger partial charge is 0.329 e. The van der Waals surface area contributed by atoms with Gasteiger partial charge in [0, 0.05) is 38.3 Å². The number of carboxylic acid groups (broad SMARTS) is 1. The Hall–Kier alpha value is -0.650. The topological polar surface area (TPSA) is 53.0 Å². The lowest BCUT2D eigenvalue weighted by molar-refractivity contribution is -0.145. The van der Waals surface area contributed by atoms with Crippen LogP contribution in [-0.4, -0.2) is 71.8 Å². The molecule has 0 radical (unpaired) electrons. The number of hydrogen-bond acceptors (Lipinski definition) is 4. The van der Waals surface area contributed by atoms with Crippen LogP contribution in [0.4, 0.5) is 0 Å². The van der Waals surface area contributed by atoms with E-state index < -0.39 is 5.97 Å². The molecule has 0 saturated carbocycles. The molecule has 0 amide bonds. The number of hydrogen-bond donors (Lipinski definition) is 1. The van der Waals surface area contributed by atoms with E-state index in [0.29, 0.717) is 12.1 Å². The van der Waals surface area contributed by atoms with Crippen LogP contribution in [0, 0.1) is 0 Å². The normalized spacial score (nSPS) is 27.2. The van der Waals surface area contributed by atoms with Crippen molar-refractivity contribution < 1.29 is 14.6 Å². The largest absolute Gasteiger partial charge is 0.480 e. The van der Waals surface area contributed by atoms with Crippen LogP contribution < -0.4 is 0 Å². The number of piperidine rings is 1. The summed E-state index contributed by atoms with van der Waals surface area (Å²) in [6, 6.07) is 1.32. The fraction of sp³-hybridized carbons (Fsp3) is 0.929. The van der Waals surface area contributed by atoms with Crippen molar-refractivity contribution in [3.05, 3.63) is 0 Å². The lowest BCUT2D eigenvalue weighted by Crippen LogP contribution is -2.45. The van der Waals surface area contributed by atoms with Gasteiger partial charge in [0.15, 0.2) is 0 Å². The fourth-order valence-corrected chi connectivity index (χ4v) is 3.13. The quantitative estimate of drug-likeness (QED) is 0.809. The van der Waals surface area contributed by atoms with Crippen LogP contribution in [0.25, 0.3) is 0 Å². The molecule has 5 nitrogen and oxygen atoms in total. The highest BCUT2D eigenvalue weighted by molar-refractivity contribution is 5.68. The van der Waals surface area contributed by atoms with Gasteiger partial charge in [-0.15, -0.1) is 0 Å². The molecule has 2 aliphatic heterocycles. The zero-order valence-electron chi connectivity index (χ0n) is 12.0. The van der Waals surface area contributed by atoms with E-state index in [4.69, 9.17) is 9.84 Å². The van der Waals surface area contributed by atoms with Gasteiger partial charge in [-0.25, -0.2) is 4.79 Å². The molecule has 0 spiro atoms. The first-order valence-corrected chi connectivity index (χ1v) is 7.37. The van der Waals surface area contributed by atoms with Gasteiger partial charge in [-0.3, -0.25) is 9.80 Å². The second-order valence-electron chi connectivity index (χ2n) is 5.97. The van der Waals surface area contributed by atoms with Crippen LogP contribution in [0.15, 0.2) is 0 Å². The first-order valence-electron chi connectivity index (χ1n) is 7.37. The summed E-state index contributed by atoms with van der Waals surface area (Å²) in [4.78, 5) is 15.6. The Kier molecular flexibility index (Phi) is 5.19. The molecule has 0 bridgehead atoms. The zero-order chi connectivity index (χ0) is 13.8. The summed E-state index contributed by atoms with van der Waals surface area (Å²) in [5.41, 5.74) is 0. The number of nitrogens with zero attached hydrogens (tertiary/aromatic N) is 2. The Labute approximate surface area is 115 Å². The van der Waals surface area contributed by atoms with Crippen LogP contribution in [0.1, 0.15) is 33.1 Å². The van der Waals surface area contributed by atoms with Gasteiger partial charge >= 0.3 is 5.97 Å². The van der Waals surface area contributed by atoms with E-state index in [1.807, 2.05) is 0 Å². The fourth-order valence-electron chi connectivity index (χ4n) is 3.13. The van der Waals surface area contributed by atoms with Crippen molar-refractivity contribution in [3.8, 4) is 0 Å². The van der Waals surface area contributed by atoms with Crippen molar-refractivity contribution >= 4 is 5.97 Å². The molecule has 1 atom stereocenters. The molecule has 2 fully saturated rings. The average molecular weight is 270 g/mol. The van der Waals surface area contributed by atoms with Crippen molar-refractivity contribution in [1.29, 1.82) is 0 Å². The van der Waals surface area contributed by atoms with E-state index in [1.54, 1.807) is 0 Å². The highest BCUT2D eigenvalue weighted by Crippen LogP contribution is 2.22. The maximum absolute atomic E-state index is 10.5. The van der Waals surface area contributed by atoms with Crippen LogP contribution in [0.5, 0.6) is 0 Å². The maximum atomic E-state index is 10.5. The summed E-state index contributed by atoms with van der Waals surface area (Å²) >= 11 is 0. The SMILES string of the molecule is CC(C)N1CCC(N2CCC(OCC(=O)O)CC2)C1. The van der Waals surface area contributed by atoms with E-state index in [-0.39, 0.29) is 12.7 Å². The predicted molar refractivity (Wildman–Crippen MR) is 73.3 cm³/mol. The number of rotatable bonds is 5. The number of carboxylic acids is 1. The van der Waals surface area contributed by atoms with Crippen molar-refractivity contribution in [2.75, 3.05) is 32.8 Å². The molecular weight excluding hydrogens is 244 g/mol. The summed E-state index contributed by atoms with van der Waals surface area (Å²) in [6.45, 7) is 8.83. The van der Waals surface area contributed by atoms with Gasteiger partial charge in [-0.2, -0.15) is 0 Å². The Morgan fingerprint density at radius 3 is 2.47 bits per heavy atom. The maximum Gasteiger partial charge on any atom is 0.329 e. The highest BCUT2D eigenvalue weighted by Gasteiger charge is 2.31. The van der Waals surface area contributed by atoms with Gasteiger partial charge in [0.2, 0.25) is 0 Å². The van der Waals surface area contributed by atoms with Crippen molar-refractivity contribution in [3.63, 3.8) is 0 Å². The molecular formula is C14H26N2O3. The molecule has 110 valence electrons. The molecule has 2 heterocycles. The molecule has 1 N–H and O–H groups in total. The second kappa shape index (κ2) is 6.68. The van der Waals surface area contributed by atoms with Crippen molar-refractivity contribution in [1.82, 2.24) is 9.80 Å². The molecule has 2 rings (SSSR count). The number of ether oxygens (including phenoxy) is 1.